The van der Waals surface area contributed by atoms with E-state index in [-0.39, 0.29) is 0 Å². The van der Waals surface area contributed by atoms with E-state index in [9.17, 15) is 9.90 Å². The molecular formula is C10H17N3O2S2. The Hall–Kier alpha value is -0.660. The maximum atomic E-state index is 11.2. The Bertz CT molecular complexity index is 339. The average molecular weight is 275 g/mol. The number of aliphatic carboxylic acids is 1. The van der Waals surface area contributed by atoms with E-state index in [1.807, 2.05) is 6.92 Å². The molecule has 1 unspecified atom stereocenters. The van der Waals surface area contributed by atoms with Crippen molar-refractivity contribution in [3.05, 3.63) is 6.33 Å². The summed E-state index contributed by atoms with van der Waals surface area (Å²) < 4.78 is 4.85. The third kappa shape index (κ3) is 3.93. The molecule has 17 heavy (non-hydrogen) atoms. The van der Waals surface area contributed by atoms with Gasteiger partial charge in [0.25, 0.3) is 0 Å². The van der Waals surface area contributed by atoms with Crippen molar-refractivity contribution >= 4 is 29.3 Å². The lowest BCUT2D eigenvalue weighted by Gasteiger charge is -2.27. The average Bonchev–Trinajstić information content (AvgIpc) is 2.82. The van der Waals surface area contributed by atoms with Gasteiger partial charge >= 0.3 is 5.97 Å². The van der Waals surface area contributed by atoms with Crippen LogP contribution in [0.15, 0.2) is 10.7 Å². The number of likely N-dealkylation sites (N-methyl/N-ethyl adjacent to an activating group) is 1. The molecule has 1 heterocycles. The second-order valence-corrected chi connectivity index (χ2v) is 5.77. The first-order valence-corrected chi connectivity index (χ1v) is 7.22. The summed E-state index contributed by atoms with van der Waals surface area (Å²) in [5, 5.41) is 12.1. The van der Waals surface area contributed by atoms with Crippen LogP contribution in [0.25, 0.3) is 0 Å². The number of carbonyl (C=O) groups is 1. The van der Waals surface area contributed by atoms with Crippen molar-refractivity contribution < 1.29 is 9.90 Å². The minimum absolute atomic E-state index is 0.586. The van der Waals surface area contributed by atoms with Crippen LogP contribution in [0.4, 0.5) is 0 Å². The van der Waals surface area contributed by atoms with Crippen LogP contribution in [0.1, 0.15) is 26.2 Å². The van der Waals surface area contributed by atoms with Crippen LogP contribution >= 0.6 is 23.3 Å². The highest BCUT2D eigenvalue weighted by molar-refractivity contribution is 8.00. The van der Waals surface area contributed by atoms with Gasteiger partial charge in [-0.3, -0.25) is 4.79 Å². The highest BCUT2D eigenvalue weighted by Crippen LogP contribution is 2.23. The molecule has 0 aliphatic carbocycles. The topological polar surface area (TPSA) is 75.1 Å². The van der Waals surface area contributed by atoms with Crippen molar-refractivity contribution in [1.82, 2.24) is 14.7 Å². The molecule has 0 saturated heterocycles. The molecule has 0 amide bonds. The van der Waals surface area contributed by atoms with Crippen molar-refractivity contribution in [1.29, 1.82) is 0 Å². The first kappa shape index (κ1) is 14.4. The van der Waals surface area contributed by atoms with Crippen molar-refractivity contribution in [3.8, 4) is 0 Å². The van der Waals surface area contributed by atoms with E-state index in [0.29, 0.717) is 12.8 Å². The summed E-state index contributed by atoms with van der Waals surface area (Å²) in [6, 6.07) is 0. The van der Waals surface area contributed by atoms with Gasteiger partial charge in [-0.05, 0) is 37.8 Å². The maximum Gasteiger partial charge on any atom is 0.323 e. The smallest absolute Gasteiger partial charge is 0.323 e. The van der Waals surface area contributed by atoms with Gasteiger partial charge in [0.1, 0.15) is 11.9 Å². The lowest BCUT2D eigenvalue weighted by molar-refractivity contribution is -0.145. The number of carboxylic acids is 1. The van der Waals surface area contributed by atoms with Crippen molar-refractivity contribution in [2.24, 2.45) is 0 Å². The summed E-state index contributed by atoms with van der Waals surface area (Å²) in [7, 11) is 1.70. The van der Waals surface area contributed by atoms with E-state index in [4.69, 9.17) is 0 Å². The molecule has 1 rings (SSSR count). The van der Waals surface area contributed by atoms with Gasteiger partial charge in [-0.1, -0.05) is 18.7 Å². The Kier molecular flexibility index (Phi) is 5.87. The van der Waals surface area contributed by atoms with Gasteiger partial charge in [-0.25, -0.2) is 4.98 Å². The quantitative estimate of drug-likeness (QED) is 0.557. The Morgan fingerprint density at radius 1 is 1.71 bits per heavy atom. The third-order valence-electron chi connectivity index (χ3n) is 2.81. The number of hydrogen-bond donors (Lipinski definition) is 2. The first-order chi connectivity index (χ1) is 8.14. The molecule has 0 bridgehead atoms. The summed E-state index contributed by atoms with van der Waals surface area (Å²) in [5.41, 5.74) is -0.790. The summed E-state index contributed by atoms with van der Waals surface area (Å²) in [4.78, 5) is 15.3. The zero-order chi connectivity index (χ0) is 12.7. The fourth-order valence-electron chi connectivity index (χ4n) is 1.60. The molecule has 0 saturated carbocycles. The highest BCUT2D eigenvalue weighted by atomic mass is 32.2. The number of aromatic nitrogens is 2. The molecular weight excluding hydrogens is 258 g/mol. The minimum Gasteiger partial charge on any atom is -0.480 e. The zero-order valence-electron chi connectivity index (χ0n) is 9.97. The number of thioether (sulfide) groups is 1. The van der Waals surface area contributed by atoms with Gasteiger partial charge in [-0.15, -0.1) is 0 Å². The lowest BCUT2D eigenvalue weighted by Crippen LogP contribution is -2.49. The van der Waals surface area contributed by atoms with Crippen LogP contribution in [0.3, 0.4) is 0 Å². The number of carboxylic acid groups (broad SMARTS) is 1. The molecule has 96 valence electrons. The lowest BCUT2D eigenvalue weighted by atomic mass is 9.91. The molecule has 0 fully saturated rings. The highest BCUT2D eigenvalue weighted by Gasteiger charge is 2.33. The summed E-state index contributed by atoms with van der Waals surface area (Å²) in [6.07, 6.45) is 3.59. The molecule has 1 atom stereocenters. The fourth-order valence-corrected chi connectivity index (χ4v) is 3.06. The van der Waals surface area contributed by atoms with Gasteiger partial charge in [0.05, 0.1) is 0 Å². The van der Waals surface area contributed by atoms with Crippen molar-refractivity contribution in [2.45, 2.75) is 36.1 Å². The molecule has 1 aromatic rings. The Labute approximate surface area is 109 Å². The Morgan fingerprint density at radius 2 is 2.47 bits per heavy atom. The molecule has 7 heteroatoms. The van der Waals surface area contributed by atoms with E-state index in [0.717, 1.165) is 16.5 Å². The number of hydrogen-bond acceptors (Lipinski definition) is 6. The first-order valence-electron chi connectivity index (χ1n) is 5.46. The maximum absolute atomic E-state index is 11.2. The number of nitrogens with one attached hydrogen (secondary N) is 1. The zero-order valence-corrected chi connectivity index (χ0v) is 11.6. The minimum atomic E-state index is -0.790. The predicted octanol–water partition coefficient (Wildman–Crippen LogP) is 1.86. The summed E-state index contributed by atoms with van der Waals surface area (Å²) >= 11 is 2.99. The van der Waals surface area contributed by atoms with E-state index < -0.39 is 11.5 Å². The number of rotatable bonds is 8. The molecule has 0 aliphatic heterocycles. The second kappa shape index (κ2) is 6.93. The van der Waals surface area contributed by atoms with E-state index >= 15 is 0 Å². The normalized spacial score (nSPS) is 14.5. The summed E-state index contributed by atoms with van der Waals surface area (Å²) in [5.74, 6) is 0.0924. The Balaban J connectivity index is 2.35. The van der Waals surface area contributed by atoms with E-state index in [1.165, 1.54) is 17.9 Å². The van der Waals surface area contributed by atoms with Crippen LogP contribution < -0.4 is 5.32 Å². The SMILES string of the molecule is CCC(CCCSc1ncns1)(NC)C(=O)O. The van der Waals surface area contributed by atoms with Crippen molar-refractivity contribution in [2.75, 3.05) is 12.8 Å². The van der Waals surface area contributed by atoms with Crippen LogP contribution in [0, 0.1) is 0 Å². The summed E-state index contributed by atoms with van der Waals surface area (Å²) in [6.45, 7) is 1.89. The van der Waals surface area contributed by atoms with Crippen LogP contribution in [0.2, 0.25) is 0 Å². The number of nitrogens with zero attached hydrogens (tertiary/aromatic N) is 2. The van der Waals surface area contributed by atoms with Gasteiger partial charge in [0, 0.05) is 5.75 Å². The van der Waals surface area contributed by atoms with E-state index in [2.05, 4.69) is 14.7 Å². The predicted molar refractivity (Wildman–Crippen MR) is 69.6 cm³/mol. The molecule has 1 aromatic heterocycles. The fraction of sp³-hybridized carbons (Fsp3) is 0.700. The molecule has 0 aromatic carbocycles. The molecule has 0 radical (unpaired) electrons. The van der Waals surface area contributed by atoms with Gasteiger partial charge < -0.3 is 10.4 Å². The largest absolute Gasteiger partial charge is 0.480 e. The monoisotopic (exact) mass is 275 g/mol. The van der Waals surface area contributed by atoms with Crippen molar-refractivity contribution in [3.63, 3.8) is 0 Å². The second-order valence-electron chi connectivity index (χ2n) is 3.65. The molecule has 5 nitrogen and oxygen atoms in total. The third-order valence-corrected chi connectivity index (χ3v) is 4.69. The van der Waals surface area contributed by atoms with E-state index in [1.54, 1.807) is 18.8 Å². The van der Waals surface area contributed by atoms with Gasteiger partial charge in [0.2, 0.25) is 0 Å². The van der Waals surface area contributed by atoms with Gasteiger partial charge in [-0.2, -0.15) is 4.37 Å². The standard InChI is InChI=1S/C10H17N3O2S2/c1-3-10(11-2,8(14)15)5-4-6-16-9-12-7-13-17-9/h7,11H,3-6H2,1-2H3,(H,14,15). The molecule has 2 N–H and O–H groups in total. The van der Waals surface area contributed by atoms with Crippen LogP contribution in [0.5, 0.6) is 0 Å². The van der Waals surface area contributed by atoms with Crippen LogP contribution in [-0.4, -0.2) is 38.8 Å². The Morgan fingerprint density at radius 3 is 2.94 bits per heavy atom. The van der Waals surface area contributed by atoms with Gasteiger partial charge in [0.15, 0.2) is 4.34 Å². The molecule has 0 spiro atoms. The molecule has 0 aliphatic rings. The van der Waals surface area contributed by atoms with Crippen LogP contribution in [-0.2, 0) is 4.79 Å².